The van der Waals surface area contributed by atoms with Crippen LogP contribution >= 0.6 is 0 Å². The van der Waals surface area contributed by atoms with Crippen LogP contribution in [0.4, 0.5) is 0 Å². The molecule has 0 amide bonds. The standard InChI is InChI=1S/C42H26N4O2/c1-3-11-25(12-4-1)40-44-41(26-13-5-2-6-14-26)46-42(45-40)31-18-10-20-34-37(31)38-39(48-34)30(21-22-43-38)29-17-9-19-33-36(29)32-23-27-15-7-8-16-28(27)24-35(32)47-33/h1-24,40H,(H,44,45,46). The van der Waals surface area contributed by atoms with Crippen molar-refractivity contribution in [2.24, 2.45) is 9.98 Å². The van der Waals surface area contributed by atoms with Gasteiger partial charge in [0.1, 0.15) is 34.3 Å². The average Bonchev–Trinajstić information content (AvgIpc) is 3.72. The number of aliphatic imine (C=N–C) groups is 2. The number of hydrogen-bond acceptors (Lipinski definition) is 6. The summed E-state index contributed by atoms with van der Waals surface area (Å²) in [5.41, 5.74) is 8.82. The predicted octanol–water partition coefficient (Wildman–Crippen LogP) is 10.2. The van der Waals surface area contributed by atoms with Gasteiger partial charge in [-0.05, 0) is 52.2 Å². The molecule has 6 heteroatoms. The highest BCUT2D eigenvalue weighted by molar-refractivity contribution is 6.23. The molecule has 6 aromatic carbocycles. The number of nitrogens with zero attached hydrogens (tertiary/aromatic N) is 3. The van der Waals surface area contributed by atoms with Crippen LogP contribution in [0.25, 0.3) is 65.9 Å². The monoisotopic (exact) mass is 618 g/mol. The zero-order valence-corrected chi connectivity index (χ0v) is 25.6. The van der Waals surface area contributed by atoms with E-state index < -0.39 is 0 Å². The third-order valence-electron chi connectivity index (χ3n) is 9.18. The Hall–Kier alpha value is -6.53. The molecular weight excluding hydrogens is 592 g/mol. The van der Waals surface area contributed by atoms with Gasteiger partial charge in [0.15, 0.2) is 11.4 Å². The van der Waals surface area contributed by atoms with Gasteiger partial charge in [-0.25, -0.2) is 9.98 Å². The van der Waals surface area contributed by atoms with Gasteiger partial charge in [-0.2, -0.15) is 0 Å². The van der Waals surface area contributed by atoms with Crippen molar-refractivity contribution >= 4 is 66.5 Å². The zero-order valence-electron chi connectivity index (χ0n) is 25.6. The Kier molecular flexibility index (Phi) is 5.84. The zero-order chi connectivity index (χ0) is 31.6. The Morgan fingerprint density at radius 3 is 2.08 bits per heavy atom. The Bertz CT molecular complexity index is 2760. The fourth-order valence-electron chi connectivity index (χ4n) is 6.95. The molecule has 0 saturated heterocycles. The van der Waals surface area contributed by atoms with Crippen molar-refractivity contribution in [1.29, 1.82) is 0 Å². The van der Waals surface area contributed by atoms with E-state index in [0.29, 0.717) is 11.7 Å². The average molecular weight is 619 g/mol. The van der Waals surface area contributed by atoms with Crippen molar-refractivity contribution in [1.82, 2.24) is 10.3 Å². The quantitative estimate of drug-likeness (QED) is 0.213. The molecule has 226 valence electrons. The smallest absolute Gasteiger partial charge is 0.161 e. The van der Waals surface area contributed by atoms with Crippen molar-refractivity contribution in [2.75, 3.05) is 0 Å². The van der Waals surface area contributed by atoms with Gasteiger partial charge in [-0.15, -0.1) is 0 Å². The predicted molar refractivity (Wildman–Crippen MR) is 194 cm³/mol. The van der Waals surface area contributed by atoms with Gasteiger partial charge < -0.3 is 14.2 Å². The van der Waals surface area contributed by atoms with Crippen LogP contribution < -0.4 is 5.32 Å². The van der Waals surface area contributed by atoms with Gasteiger partial charge in [0.25, 0.3) is 0 Å². The minimum Gasteiger partial charge on any atom is -0.456 e. The lowest BCUT2D eigenvalue weighted by atomic mass is 9.97. The lowest BCUT2D eigenvalue weighted by Crippen LogP contribution is -2.33. The van der Waals surface area contributed by atoms with Gasteiger partial charge >= 0.3 is 0 Å². The van der Waals surface area contributed by atoms with E-state index in [9.17, 15) is 0 Å². The highest BCUT2D eigenvalue weighted by Crippen LogP contribution is 2.42. The molecule has 0 radical (unpaired) electrons. The molecule has 1 atom stereocenters. The molecule has 1 N–H and O–H groups in total. The van der Waals surface area contributed by atoms with Crippen LogP contribution in [-0.4, -0.2) is 16.7 Å². The minimum atomic E-state index is -0.311. The SMILES string of the molecule is c1ccc(C2=NC(c3ccccc3)NC(c3cccc4oc5c(-c6cccc7oc8cc9ccccc9cc8c67)ccnc5c34)=N2)cc1. The van der Waals surface area contributed by atoms with E-state index in [4.69, 9.17) is 23.8 Å². The van der Waals surface area contributed by atoms with Gasteiger partial charge in [0.2, 0.25) is 0 Å². The maximum Gasteiger partial charge on any atom is 0.161 e. The van der Waals surface area contributed by atoms with Crippen molar-refractivity contribution < 1.29 is 8.83 Å². The summed E-state index contributed by atoms with van der Waals surface area (Å²) in [6.45, 7) is 0. The van der Waals surface area contributed by atoms with Crippen LogP contribution in [0.15, 0.2) is 165 Å². The molecule has 0 bridgehead atoms. The molecular formula is C42H26N4O2. The number of fused-ring (bicyclic) bond motifs is 7. The number of hydrogen-bond donors (Lipinski definition) is 1. The number of benzene rings is 6. The molecule has 9 aromatic rings. The normalized spacial score (nSPS) is 14.9. The summed E-state index contributed by atoms with van der Waals surface area (Å²) in [6, 6.07) is 47.3. The van der Waals surface area contributed by atoms with E-state index in [2.05, 4.69) is 66.0 Å². The Morgan fingerprint density at radius 2 is 1.27 bits per heavy atom. The summed E-state index contributed by atoms with van der Waals surface area (Å²) < 4.78 is 13.1. The third kappa shape index (κ3) is 4.16. The van der Waals surface area contributed by atoms with Crippen LogP contribution in [0, 0.1) is 0 Å². The van der Waals surface area contributed by atoms with E-state index in [1.807, 2.05) is 85.1 Å². The molecule has 0 saturated carbocycles. The summed E-state index contributed by atoms with van der Waals surface area (Å²) in [5.74, 6) is 1.38. The second-order valence-electron chi connectivity index (χ2n) is 12.0. The molecule has 1 aliphatic rings. The number of furan rings is 2. The van der Waals surface area contributed by atoms with Crippen LogP contribution in [0.3, 0.4) is 0 Å². The molecule has 3 aromatic heterocycles. The highest BCUT2D eigenvalue weighted by Gasteiger charge is 2.25. The first-order valence-corrected chi connectivity index (χ1v) is 16.0. The molecule has 1 unspecified atom stereocenters. The lowest BCUT2D eigenvalue weighted by molar-refractivity contribution is 0.668. The summed E-state index contributed by atoms with van der Waals surface area (Å²) in [5, 5.41) is 8.96. The summed E-state index contributed by atoms with van der Waals surface area (Å²) in [6.07, 6.45) is 1.55. The van der Waals surface area contributed by atoms with Crippen LogP contribution in [0.1, 0.15) is 22.9 Å². The molecule has 10 rings (SSSR count). The Morgan fingerprint density at radius 1 is 0.562 bits per heavy atom. The lowest BCUT2D eigenvalue weighted by Gasteiger charge is -2.24. The number of nitrogens with one attached hydrogen (secondary N) is 1. The van der Waals surface area contributed by atoms with Crippen LogP contribution in [-0.2, 0) is 0 Å². The topological polar surface area (TPSA) is 75.9 Å². The summed E-state index contributed by atoms with van der Waals surface area (Å²) in [7, 11) is 0. The summed E-state index contributed by atoms with van der Waals surface area (Å²) in [4.78, 5) is 15.0. The van der Waals surface area contributed by atoms with Crippen molar-refractivity contribution in [3.05, 3.63) is 162 Å². The number of amidine groups is 2. The number of rotatable bonds is 4. The van der Waals surface area contributed by atoms with Crippen LogP contribution in [0.5, 0.6) is 0 Å². The molecule has 0 spiro atoms. The largest absolute Gasteiger partial charge is 0.456 e. The summed E-state index contributed by atoms with van der Waals surface area (Å²) >= 11 is 0. The fourth-order valence-corrected chi connectivity index (χ4v) is 6.95. The third-order valence-corrected chi connectivity index (χ3v) is 9.18. The van der Waals surface area contributed by atoms with Crippen molar-refractivity contribution in [3.8, 4) is 11.1 Å². The van der Waals surface area contributed by atoms with Gasteiger partial charge in [-0.1, -0.05) is 109 Å². The maximum atomic E-state index is 6.69. The van der Waals surface area contributed by atoms with Crippen molar-refractivity contribution in [2.45, 2.75) is 6.17 Å². The molecule has 0 aliphatic carbocycles. The Labute approximate surface area is 274 Å². The van der Waals surface area contributed by atoms with Gasteiger partial charge in [0.05, 0.1) is 5.39 Å². The number of pyridine rings is 1. The minimum absolute atomic E-state index is 0.311. The van der Waals surface area contributed by atoms with E-state index in [1.165, 1.54) is 5.39 Å². The van der Waals surface area contributed by atoms with E-state index in [-0.39, 0.29) is 6.17 Å². The molecule has 0 fully saturated rings. The highest BCUT2D eigenvalue weighted by atomic mass is 16.3. The Balaban J connectivity index is 1.18. The first-order chi connectivity index (χ1) is 23.8. The number of aromatic nitrogens is 1. The van der Waals surface area contributed by atoms with Gasteiger partial charge in [0, 0.05) is 33.7 Å². The van der Waals surface area contributed by atoms with E-state index in [0.717, 1.165) is 77.2 Å². The molecule has 4 heterocycles. The second kappa shape index (κ2) is 10.5. The van der Waals surface area contributed by atoms with Crippen LogP contribution in [0.2, 0.25) is 0 Å². The van der Waals surface area contributed by atoms with E-state index in [1.54, 1.807) is 0 Å². The fraction of sp³-hybridized carbons (Fsp3) is 0.0238. The second-order valence-corrected chi connectivity index (χ2v) is 12.0. The molecule has 6 nitrogen and oxygen atoms in total. The maximum absolute atomic E-state index is 6.69. The van der Waals surface area contributed by atoms with Crippen molar-refractivity contribution in [3.63, 3.8) is 0 Å². The molecule has 1 aliphatic heterocycles. The first-order valence-electron chi connectivity index (χ1n) is 16.0. The first kappa shape index (κ1) is 26.7. The molecule has 48 heavy (non-hydrogen) atoms. The van der Waals surface area contributed by atoms with E-state index >= 15 is 0 Å². The van der Waals surface area contributed by atoms with Gasteiger partial charge in [-0.3, -0.25) is 4.98 Å².